The van der Waals surface area contributed by atoms with Gasteiger partial charge in [0.2, 0.25) is 5.43 Å². The van der Waals surface area contributed by atoms with Gasteiger partial charge in [-0.2, -0.15) is 0 Å². The molecule has 0 aliphatic carbocycles. The standard InChI is InChI=1S/C12H9ClFNO3S/c1-5(19)18-12(17)7-4-15-10-3-8(13)9(14)2-6(10)11(7)16/h2-5,19H,1H3,(H,15,16). The molecule has 2 aromatic rings. The molecular weight excluding hydrogens is 293 g/mol. The van der Waals surface area contributed by atoms with E-state index in [0.717, 1.165) is 6.07 Å². The number of hydrogen-bond acceptors (Lipinski definition) is 4. The molecular formula is C12H9ClFNO3S. The van der Waals surface area contributed by atoms with Crippen LogP contribution in [0.5, 0.6) is 0 Å². The Morgan fingerprint density at radius 1 is 1.53 bits per heavy atom. The monoisotopic (exact) mass is 301 g/mol. The number of benzene rings is 1. The van der Waals surface area contributed by atoms with Crippen LogP contribution in [0.15, 0.2) is 23.1 Å². The normalized spacial score (nSPS) is 12.4. The van der Waals surface area contributed by atoms with Gasteiger partial charge in [0.05, 0.1) is 10.5 Å². The number of halogens is 2. The summed E-state index contributed by atoms with van der Waals surface area (Å²) in [5.41, 5.74) is -1.14. The summed E-state index contributed by atoms with van der Waals surface area (Å²) in [5, 5.41) is -0.0781. The Morgan fingerprint density at radius 3 is 2.84 bits per heavy atom. The average molecular weight is 302 g/mol. The lowest BCUT2D eigenvalue weighted by atomic mass is 10.1. The van der Waals surface area contributed by atoms with E-state index in [0.29, 0.717) is 5.52 Å². The fraction of sp³-hybridized carbons (Fsp3) is 0.167. The fourth-order valence-electron chi connectivity index (χ4n) is 1.58. The van der Waals surface area contributed by atoms with Crippen molar-refractivity contribution in [2.75, 3.05) is 0 Å². The summed E-state index contributed by atoms with van der Waals surface area (Å²) in [6.07, 6.45) is 1.21. The number of H-pyrrole nitrogens is 1. The summed E-state index contributed by atoms with van der Waals surface area (Å²) in [5.74, 6) is -1.55. The maximum Gasteiger partial charge on any atom is 0.344 e. The van der Waals surface area contributed by atoms with Crippen molar-refractivity contribution < 1.29 is 13.9 Å². The molecule has 1 unspecified atom stereocenters. The van der Waals surface area contributed by atoms with Gasteiger partial charge in [-0.1, -0.05) is 11.6 Å². The van der Waals surface area contributed by atoms with Crippen LogP contribution < -0.4 is 5.43 Å². The third kappa shape index (κ3) is 2.74. The second-order valence-electron chi connectivity index (χ2n) is 3.85. The molecule has 1 aromatic heterocycles. The van der Waals surface area contributed by atoms with Gasteiger partial charge in [0.25, 0.3) is 0 Å². The van der Waals surface area contributed by atoms with Crippen LogP contribution in [0.4, 0.5) is 4.39 Å². The van der Waals surface area contributed by atoms with E-state index in [1.807, 2.05) is 0 Å². The van der Waals surface area contributed by atoms with Crippen molar-refractivity contribution in [3.8, 4) is 0 Å². The zero-order valence-corrected chi connectivity index (χ0v) is 11.4. The van der Waals surface area contributed by atoms with Crippen molar-refractivity contribution in [3.05, 3.63) is 45.0 Å². The largest absolute Gasteiger partial charge is 0.448 e. The zero-order chi connectivity index (χ0) is 14.2. The van der Waals surface area contributed by atoms with Crippen molar-refractivity contribution in [1.29, 1.82) is 0 Å². The zero-order valence-electron chi connectivity index (χ0n) is 9.74. The molecule has 1 atom stereocenters. The molecule has 0 saturated carbocycles. The highest BCUT2D eigenvalue weighted by Crippen LogP contribution is 2.19. The number of nitrogens with one attached hydrogen (secondary N) is 1. The predicted molar refractivity (Wildman–Crippen MR) is 73.4 cm³/mol. The minimum absolute atomic E-state index is 0.0307. The number of pyridine rings is 1. The third-order valence-corrected chi connectivity index (χ3v) is 2.81. The van der Waals surface area contributed by atoms with E-state index in [1.54, 1.807) is 0 Å². The van der Waals surface area contributed by atoms with Crippen LogP contribution >= 0.6 is 24.2 Å². The van der Waals surface area contributed by atoms with E-state index in [4.69, 9.17) is 16.3 Å². The molecule has 0 bridgehead atoms. The topological polar surface area (TPSA) is 59.2 Å². The van der Waals surface area contributed by atoms with Gasteiger partial charge in [-0.3, -0.25) is 4.79 Å². The Bertz CT molecular complexity index is 714. The van der Waals surface area contributed by atoms with E-state index in [-0.39, 0.29) is 16.0 Å². The number of rotatable bonds is 2. The van der Waals surface area contributed by atoms with Gasteiger partial charge in [0, 0.05) is 11.6 Å². The second-order valence-corrected chi connectivity index (χ2v) is 4.98. The quantitative estimate of drug-likeness (QED) is 0.509. The maximum absolute atomic E-state index is 13.4. The lowest BCUT2D eigenvalue weighted by Gasteiger charge is -2.07. The van der Waals surface area contributed by atoms with Crippen molar-refractivity contribution in [3.63, 3.8) is 0 Å². The number of esters is 1. The number of carbonyl (C=O) groups excluding carboxylic acids is 1. The fourth-order valence-corrected chi connectivity index (χ4v) is 1.84. The van der Waals surface area contributed by atoms with Crippen LogP contribution in [0.2, 0.25) is 5.02 Å². The summed E-state index contributed by atoms with van der Waals surface area (Å²) in [4.78, 5) is 26.4. The molecule has 0 aliphatic heterocycles. The first kappa shape index (κ1) is 13.9. The van der Waals surface area contributed by atoms with Gasteiger partial charge in [-0.15, -0.1) is 12.6 Å². The molecule has 19 heavy (non-hydrogen) atoms. The summed E-state index contributed by atoms with van der Waals surface area (Å²) in [6, 6.07) is 2.27. The molecule has 1 heterocycles. The maximum atomic E-state index is 13.4. The molecule has 0 saturated heterocycles. The number of carbonyl (C=O) groups is 1. The summed E-state index contributed by atoms with van der Waals surface area (Å²) in [6.45, 7) is 1.54. The van der Waals surface area contributed by atoms with E-state index >= 15 is 0 Å². The van der Waals surface area contributed by atoms with Crippen LogP contribution in [0.1, 0.15) is 17.3 Å². The number of thiol groups is 1. The molecule has 0 fully saturated rings. The van der Waals surface area contributed by atoms with E-state index in [9.17, 15) is 14.0 Å². The number of fused-ring (bicyclic) bond motifs is 1. The Hall–Kier alpha value is -1.53. The number of ether oxygens (including phenoxy) is 1. The first-order chi connectivity index (χ1) is 8.90. The van der Waals surface area contributed by atoms with Gasteiger partial charge in [0.1, 0.15) is 16.8 Å². The second kappa shape index (κ2) is 5.22. The highest BCUT2D eigenvalue weighted by atomic mass is 35.5. The van der Waals surface area contributed by atoms with Crippen LogP contribution in [-0.2, 0) is 4.74 Å². The SMILES string of the molecule is CC(S)OC(=O)c1c[nH]c2cc(Cl)c(F)cc2c1=O. The minimum Gasteiger partial charge on any atom is -0.448 e. The Morgan fingerprint density at radius 2 is 2.21 bits per heavy atom. The van der Waals surface area contributed by atoms with Crippen LogP contribution in [0.25, 0.3) is 10.9 Å². The molecule has 2 rings (SSSR count). The van der Waals surface area contributed by atoms with Gasteiger partial charge in [-0.25, -0.2) is 9.18 Å². The van der Waals surface area contributed by atoms with Crippen LogP contribution in [0.3, 0.4) is 0 Å². The number of aromatic amines is 1. The summed E-state index contributed by atoms with van der Waals surface area (Å²) < 4.78 is 18.2. The van der Waals surface area contributed by atoms with Crippen LogP contribution in [-0.4, -0.2) is 16.4 Å². The van der Waals surface area contributed by atoms with E-state index in [2.05, 4.69) is 17.6 Å². The molecule has 4 nitrogen and oxygen atoms in total. The minimum atomic E-state index is -0.819. The first-order valence-electron chi connectivity index (χ1n) is 5.29. The Kier molecular flexibility index (Phi) is 3.82. The van der Waals surface area contributed by atoms with Crippen molar-refractivity contribution in [1.82, 2.24) is 4.98 Å². The molecule has 0 amide bonds. The predicted octanol–water partition coefficient (Wildman–Crippen LogP) is 2.75. The van der Waals surface area contributed by atoms with E-state index in [1.165, 1.54) is 19.2 Å². The third-order valence-electron chi connectivity index (χ3n) is 2.42. The van der Waals surface area contributed by atoms with Crippen molar-refractivity contribution in [2.24, 2.45) is 0 Å². The molecule has 1 N–H and O–H groups in total. The van der Waals surface area contributed by atoms with Gasteiger partial charge < -0.3 is 9.72 Å². The summed E-state index contributed by atoms with van der Waals surface area (Å²) >= 11 is 9.50. The molecule has 0 spiro atoms. The average Bonchev–Trinajstić information content (AvgIpc) is 2.31. The molecule has 7 heteroatoms. The molecule has 1 aromatic carbocycles. The lowest BCUT2D eigenvalue weighted by Crippen LogP contribution is -2.20. The van der Waals surface area contributed by atoms with E-state index < -0.39 is 22.7 Å². The van der Waals surface area contributed by atoms with Gasteiger partial charge in [-0.05, 0) is 19.1 Å². The highest BCUT2D eigenvalue weighted by molar-refractivity contribution is 7.80. The molecule has 0 radical (unpaired) electrons. The van der Waals surface area contributed by atoms with Crippen LogP contribution in [0, 0.1) is 5.82 Å². The van der Waals surface area contributed by atoms with Crippen molar-refractivity contribution >= 4 is 41.1 Å². The molecule has 100 valence electrons. The number of aromatic nitrogens is 1. The highest BCUT2D eigenvalue weighted by Gasteiger charge is 2.16. The Balaban J connectivity index is 2.61. The van der Waals surface area contributed by atoms with Gasteiger partial charge >= 0.3 is 5.97 Å². The first-order valence-corrected chi connectivity index (χ1v) is 6.19. The Labute approximate surface area is 117 Å². The smallest absolute Gasteiger partial charge is 0.344 e. The number of hydrogen-bond donors (Lipinski definition) is 2. The molecule has 0 aliphatic rings. The summed E-state index contributed by atoms with van der Waals surface area (Å²) in [7, 11) is 0. The van der Waals surface area contributed by atoms with Crippen molar-refractivity contribution in [2.45, 2.75) is 12.4 Å². The lowest BCUT2D eigenvalue weighted by molar-refractivity contribution is 0.0483. The van der Waals surface area contributed by atoms with Gasteiger partial charge in [0.15, 0.2) is 0 Å².